The van der Waals surface area contributed by atoms with Gasteiger partial charge < -0.3 is 11.1 Å². The molecule has 1 unspecified atom stereocenters. The Bertz CT molecular complexity index is 582. The van der Waals surface area contributed by atoms with Crippen LogP contribution in [-0.2, 0) is 6.42 Å². The van der Waals surface area contributed by atoms with Gasteiger partial charge >= 0.3 is 0 Å². The van der Waals surface area contributed by atoms with Gasteiger partial charge in [0.25, 0.3) is 0 Å². The van der Waals surface area contributed by atoms with Crippen LogP contribution in [0.5, 0.6) is 0 Å². The molecule has 2 heterocycles. The fourth-order valence-corrected chi connectivity index (χ4v) is 2.78. The smallest absolute Gasteiger partial charge is 0.135 e. The quantitative estimate of drug-likeness (QED) is 0.900. The first-order valence-corrected chi connectivity index (χ1v) is 7.35. The largest absolute Gasteiger partial charge is 0.383 e. The SMILES string of the molecule is CCc1nc(N)c(C)c(NC(C)c2ccc(Cl)s2)n1. The second-order valence-electron chi connectivity index (χ2n) is 4.36. The van der Waals surface area contributed by atoms with Gasteiger partial charge in [0.1, 0.15) is 17.5 Å². The van der Waals surface area contributed by atoms with Crippen molar-refractivity contribution in [1.82, 2.24) is 9.97 Å². The Morgan fingerprint density at radius 3 is 2.74 bits per heavy atom. The maximum Gasteiger partial charge on any atom is 0.135 e. The minimum atomic E-state index is 0.134. The molecule has 102 valence electrons. The van der Waals surface area contributed by atoms with Crippen LogP contribution in [0.15, 0.2) is 12.1 Å². The lowest BCUT2D eigenvalue weighted by Crippen LogP contribution is -2.12. The van der Waals surface area contributed by atoms with E-state index in [1.54, 1.807) is 11.3 Å². The molecule has 0 aliphatic rings. The summed E-state index contributed by atoms with van der Waals surface area (Å²) in [5.41, 5.74) is 6.79. The molecule has 0 bridgehead atoms. The number of hydrogen-bond donors (Lipinski definition) is 2. The van der Waals surface area contributed by atoms with Crippen LogP contribution in [0.25, 0.3) is 0 Å². The molecule has 0 saturated heterocycles. The van der Waals surface area contributed by atoms with Crippen molar-refractivity contribution >= 4 is 34.6 Å². The lowest BCUT2D eigenvalue weighted by molar-refractivity contribution is 0.868. The summed E-state index contributed by atoms with van der Waals surface area (Å²) in [7, 11) is 0. The minimum absolute atomic E-state index is 0.134. The second-order valence-corrected chi connectivity index (χ2v) is 6.11. The van der Waals surface area contributed by atoms with Crippen LogP contribution in [0.4, 0.5) is 11.6 Å². The summed E-state index contributed by atoms with van der Waals surface area (Å²) >= 11 is 7.52. The number of nitrogens with two attached hydrogens (primary N) is 1. The van der Waals surface area contributed by atoms with Crippen LogP contribution >= 0.6 is 22.9 Å². The lowest BCUT2D eigenvalue weighted by Gasteiger charge is -2.16. The van der Waals surface area contributed by atoms with Gasteiger partial charge in [-0.15, -0.1) is 11.3 Å². The second kappa shape index (κ2) is 5.75. The molecular formula is C13H17ClN4S. The number of nitrogens with zero attached hydrogens (tertiary/aromatic N) is 2. The number of thiophene rings is 1. The van der Waals surface area contributed by atoms with Gasteiger partial charge in [-0.1, -0.05) is 18.5 Å². The zero-order chi connectivity index (χ0) is 14.0. The highest BCUT2D eigenvalue weighted by Crippen LogP contribution is 2.29. The summed E-state index contributed by atoms with van der Waals surface area (Å²) in [6.45, 7) is 6.01. The number of nitrogens with one attached hydrogen (secondary N) is 1. The van der Waals surface area contributed by atoms with E-state index in [1.165, 1.54) is 4.88 Å². The Hall–Kier alpha value is -1.33. The molecule has 0 aromatic carbocycles. The van der Waals surface area contributed by atoms with Gasteiger partial charge in [0.15, 0.2) is 0 Å². The first-order chi connectivity index (χ1) is 9.01. The zero-order valence-corrected chi connectivity index (χ0v) is 12.8. The van der Waals surface area contributed by atoms with Crippen molar-refractivity contribution in [2.24, 2.45) is 0 Å². The summed E-state index contributed by atoms with van der Waals surface area (Å²) in [5.74, 6) is 2.08. The highest BCUT2D eigenvalue weighted by molar-refractivity contribution is 7.16. The van der Waals surface area contributed by atoms with Gasteiger partial charge in [0.2, 0.25) is 0 Å². The Morgan fingerprint density at radius 1 is 1.42 bits per heavy atom. The van der Waals surface area contributed by atoms with Gasteiger partial charge in [-0.25, -0.2) is 9.97 Å². The molecule has 1 atom stereocenters. The van der Waals surface area contributed by atoms with Crippen molar-refractivity contribution in [2.75, 3.05) is 11.1 Å². The molecule has 2 aromatic rings. The van der Waals surface area contributed by atoms with Gasteiger partial charge in [-0.2, -0.15) is 0 Å². The molecule has 0 saturated carbocycles. The summed E-state index contributed by atoms with van der Waals surface area (Å²) in [5, 5.41) is 3.38. The van der Waals surface area contributed by atoms with Crippen LogP contribution < -0.4 is 11.1 Å². The van der Waals surface area contributed by atoms with Crippen LogP contribution in [0.1, 0.15) is 36.2 Å². The van der Waals surface area contributed by atoms with E-state index in [4.69, 9.17) is 17.3 Å². The highest BCUT2D eigenvalue weighted by atomic mass is 35.5. The van der Waals surface area contributed by atoms with Gasteiger partial charge in [-0.3, -0.25) is 0 Å². The Balaban J connectivity index is 2.25. The van der Waals surface area contributed by atoms with E-state index in [0.717, 1.165) is 28.0 Å². The average molecular weight is 297 g/mol. The molecule has 0 aliphatic heterocycles. The molecule has 4 nitrogen and oxygen atoms in total. The molecule has 3 N–H and O–H groups in total. The monoisotopic (exact) mass is 296 g/mol. The molecule has 0 spiro atoms. The van der Waals surface area contributed by atoms with E-state index < -0.39 is 0 Å². The summed E-state index contributed by atoms with van der Waals surface area (Å²) in [6.07, 6.45) is 0.762. The van der Waals surface area contributed by atoms with Crippen LogP contribution in [0.3, 0.4) is 0 Å². The fraction of sp³-hybridized carbons (Fsp3) is 0.385. The van der Waals surface area contributed by atoms with Crippen molar-refractivity contribution in [3.63, 3.8) is 0 Å². The van der Waals surface area contributed by atoms with E-state index in [9.17, 15) is 0 Å². The molecule has 2 rings (SSSR count). The lowest BCUT2D eigenvalue weighted by atomic mass is 10.2. The zero-order valence-electron chi connectivity index (χ0n) is 11.2. The summed E-state index contributed by atoms with van der Waals surface area (Å²) in [6, 6.07) is 4.05. The fourth-order valence-electron chi connectivity index (χ4n) is 1.72. The van der Waals surface area contributed by atoms with E-state index in [0.29, 0.717) is 5.82 Å². The third-order valence-corrected chi connectivity index (χ3v) is 4.33. The molecule has 0 amide bonds. The standard InChI is InChI=1S/C13H17ClN4S/c1-4-11-17-12(15)7(2)13(18-11)16-8(3)9-5-6-10(14)19-9/h5-6,8H,4H2,1-3H3,(H3,15,16,17,18). The Labute approximate surface area is 122 Å². The van der Waals surface area contributed by atoms with Crippen molar-refractivity contribution in [2.45, 2.75) is 33.2 Å². The van der Waals surface area contributed by atoms with E-state index >= 15 is 0 Å². The maximum atomic E-state index is 5.96. The number of nitrogen functional groups attached to an aromatic ring is 1. The van der Waals surface area contributed by atoms with Gasteiger partial charge in [-0.05, 0) is 26.0 Å². The number of anilines is 2. The number of hydrogen-bond acceptors (Lipinski definition) is 5. The van der Waals surface area contributed by atoms with Crippen LogP contribution in [0.2, 0.25) is 4.34 Å². The van der Waals surface area contributed by atoms with Crippen LogP contribution in [0, 0.1) is 6.92 Å². The summed E-state index contributed by atoms with van der Waals surface area (Å²) in [4.78, 5) is 9.90. The highest BCUT2D eigenvalue weighted by Gasteiger charge is 2.13. The predicted molar refractivity (Wildman–Crippen MR) is 81.9 cm³/mol. The number of halogens is 1. The minimum Gasteiger partial charge on any atom is -0.383 e. The van der Waals surface area contributed by atoms with E-state index in [-0.39, 0.29) is 6.04 Å². The van der Waals surface area contributed by atoms with Crippen molar-refractivity contribution in [3.05, 3.63) is 32.7 Å². The van der Waals surface area contributed by atoms with Gasteiger partial charge in [0, 0.05) is 16.9 Å². The van der Waals surface area contributed by atoms with Crippen LogP contribution in [-0.4, -0.2) is 9.97 Å². The molecule has 6 heteroatoms. The number of aryl methyl sites for hydroxylation is 1. The maximum absolute atomic E-state index is 5.96. The predicted octanol–water partition coefficient (Wildman–Crippen LogP) is 3.82. The van der Waals surface area contributed by atoms with Crippen molar-refractivity contribution in [3.8, 4) is 0 Å². The first kappa shape index (κ1) is 14.1. The summed E-state index contributed by atoms with van der Waals surface area (Å²) < 4.78 is 0.789. The first-order valence-electron chi connectivity index (χ1n) is 6.16. The van der Waals surface area contributed by atoms with Crippen molar-refractivity contribution < 1.29 is 0 Å². The molecule has 2 aromatic heterocycles. The number of aromatic nitrogens is 2. The van der Waals surface area contributed by atoms with Crippen molar-refractivity contribution in [1.29, 1.82) is 0 Å². The third-order valence-electron chi connectivity index (χ3n) is 2.92. The van der Waals surface area contributed by atoms with Gasteiger partial charge in [0.05, 0.1) is 10.4 Å². The molecular weight excluding hydrogens is 280 g/mol. The third kappa shape index (κ3) is 3.16. The molecule has 0 fully saturated rings. The normalized spacial score (nSPS) is 12.4. The number of rotatable bonds is 4. The van der Waals surface area contributed by atoms with E-state index in [2.05, 4.69) is 22.2 Å². The Kier molecular flexibility index (Phi) is 4.27. The molecule has 19 heavy (non-hydrogen) atoms. The average Bonchev–Trinajstić information content (AvgIpc) is 2.81. The van der Waals surface area contributed by atoms with E-state index in [1.807, 2.05) is 26.0 Å². The molecule has 0 aliphatic carbocycles. The topological polar surface area (TPSA) is 63.8 Å². The Morgan fingerprint density at radius 2 is 2.16 bits per heavy atom. The molecule has 0 radical (unpaired) electrons.